The zero-order valence-corrected chi connectivity index (χ0v) is 15.9. The molecule has 0 saturated carbocycles. The molecule has 138 valence electrons. The van der Waals surface area contributed by atoms with Crippen LogP contribution in [-0.2, 0) is 11.2 Å². The summed E-state index contributed by atoms with van der Waals surface area (Å²) in [7, 11) is 0. The van der Waals surface area contributed by atoms with Crippen LogP contribution in [0.4, 0.5) is 5.69 Å². The van der Waals surface area contributed by atoms with Crippen LogP contribution in [0.1, 0.15) is 12.1 Å². The Hall–Kier alpha value is -2.73. The normalized spacial score (nSPS) is 14.4. The van der Waals surface area contributed by atoms with Gasteiger partial charge in [0.25, 0.3) is 0 Å². The van der Waals surface area contributed by atoms with Crippen molar-refractivity contribution in [2.24, 2.45) is 0 Å². The van der Waals surface area contributed by atoms with E-state index in [9.17, 15) is 4.79 Å². The summed E-state index contributed by atoms with van der Waals surface area (Å²) in [5, 5.41) is 3.03. The number of benzene rings is 1. The van der Waals surface area contributed by atoms with Crippen LogP contribution in [0.5, 0.6) is 0 Å². The van der Waals surface area contributed by atoms with Gasteiger partial charge in [0, 0.05) is 61.6 Å². The van der Waals surface area contributed by atoms with Gasteiger partial charge in [-0.25, -0.2) is 4.98 Å². The molecule has 27 heavy (non-hydrogen) atoms. The Kier molecular flexibility index (Phi) is 5.44. The minimum absolute atomic E-state index is 0.223. The van der Waals surface area contributed by atoms with E-state index in [-0.39, 0.29) is 5.91 Å². The predicted octanol–water partition coefficient (Wildman–Crippen LogP) is 3.49. The molecule has 6 heteroatoms. The number of anilines is 1. The number of thiazole rings is 1. The van der Waals surface area contributed by atoms with Gasteiger partial charge in [-0.15, -0.1) is 11.3 Å². The molecule has 0 bridgehead atoms. The van der Waals surface area contributed by atoms with Crippen LogP contribution in [0.2, 0.25) is 0 Å². The van der Waals surface area contributed by atoms with Gasteiger partial charge in [-0.1, -0.05) is 18.2 Å². The quantitative estimate of drug-likeness (QED) is 0.682. The molecule has 5 nitrogen and oxygen atoms in total. The number of hydrogen-bond donors (Lipinski definition) is 0. The number of aryl methyl sites for hydroxylation is 1. The molecule has 0 radical (unpaired) electrons. The third kappa shape index (κ3) is 4.34. The topological polar surface area (TPSA) is 49.3 Å². The lowest BCUT2D eigenvalue weighted by Gasteiger charge is -2.36. The van der Waals surface area contributed by atoms with Crippen molar-refractivity contribution in [3.8, 4) is 10.6 Å². The number of nitrogens with zero attached hydrogens (tertiary/aromatic N) is 4. The van der Waals surface area contributed by atoms with Crippen LogP contribution >= 0.6 is 11.3 Å². The number of amides is 1. The zero-order chi connectivity index (χ0) is 18.5. The van der Waals surface area contributed by atoms with Crippen molar-refractivity contribution in [3.05, 3.63) is 65.9 Å². The third-order valence-electron chi connectivity index (χ3n) is 4.83. The fourth-order valence-corrected chi connectivity index (χ4v) is 4.16. The van der Waals surface area contributed by atoms with E-state index >= 15 is 0 Å². The highest BCUT2D eigenvalue weighted by Crippen LogP contribution is 2.23. The van der Waals surface area contributed by atoms with Crippen LogP contribution in [0, 0.1) is 0 Å². The number of carbonyl (C=O) groups is 1. The molecule has 1 aromatic carbocycles. The summed E-state index contributed by atoms with van der Waals surface area (Å²) in [6.07, 6.45) is 4.76. The van der Waals surface area contributed by atoms with Crippen molar-refractivity contribution in [3.63, 3.8) is 0 Å². The van der Waals surface area contributed by atoms with Crippen LogP contribution in [-0.4, -0.2) is 47.0 Å². The Balaban J connectivity index is 1.27. The summed E-state index contributed by atoms with van der Waals surface area (Å²) in [5.41, 5.74) is 3.29. The fourth-order valence-electron chi connectivity index (χ4n) is 3.29. The minimum atomic E-state index is 0.223. The molecule has 1 saturated heterocycles. The lowest BCUT2D eigenvalue weighted by molar-refractivity contribution is -0.131. The van der Waals surface area contributed by atoms with Crippen molar-refractivity contribution in [2.75, 3.05) is 31.1 Å². The second-order valence-corrected chi connectivity index (χ2v) is 7.44. The Morgan fingerprint density at radius 2 is 1.74 bits per heavy atom. The van der Waals surface area contributed by atoms with E-state index in [4.69, 9.17) is 0 Å². The largest absolute Gasteiger partial charge is 0.368 e. The molecule has 0 spiro atoms. The van der Waals surface area contributed by atoms with Crippen LogP contribution < -0.4 is 4.90 Å². The average molecular weight is 379 g/mol. The third-order valence-corrected chi connectivity index (χ3v) is 5.77. The monoisotopic (exact) mass is 378 g/mol. The predicted molar refractivity (Wildman–Crippen MR) is 109 cm³/mol. The summed E-state index contributed by atoms with van der Waals surface area (Å²) >= 11 is 1.62. The average Bonchev–Trinajstić information content (AvgIpc) is 3.22. The highest BCUT2D eigenvalue weighted by atomic mass is 32.1. The first kappa shape index (κ1) is 17.7. The number of aromatic nitrogens is 2. The lowest BCUT2D eigenvalue weighted by atomic mass is 10.2. The van der Waals surface area contributed by atoms with Gasteiger partial charge in [-0.2, -0.15) is 0 Å². The first-order valence-corrected chi connectivity index (χ1v) is 10.1. The maximum Gasteiger partial charge on any atom is 0.223 e. The highest BCUT2D eigenvalue weighted by Gasteiger charge is 2.21. The lowest BCUT2D eigenvalue weighted by Crippen LogP contribution is -2.48. The van der Waals surface area contributed by atoms with E-state index in [0.717, 1.165) is 42.4 Å². The highest BCUT2D eigenvalue weighted by molar-refractivity contribution is 7.13. The number of pyridine rings is 1. The van der Waals surface area contributed by atoms with E-state index < -0.39 is 0 Å². The summed E-state index contributed by atoms with van der Waals surface area (Å²) in [6, 6.07) is 14.3. The molecular formula is C21H22N4OS. The fraction of sp³-hybridized carbons (Fsp3) is 0.286. The van der Waals surface area contributed by atoms with E-state index in [1.54, 1.807) is 23.7 Å². The van der Waals surface area contributed by atoms with E-state index in [0.29, 0.717) is 12.8 Å². The molecule has 0 unspecified atom stereocenters. The number of piperazine rings is 1. The van der Waals surface area contributed by atoms with Crippen molar-refractivity contribution in [1.29, 1.82) is 0 Å². The van der Waals surface area contributed by atoms with Gasteiger partial charge in [0.2, 0.25) is 5.91 Å². The van der Waals surface area contributed by atoms with Gasteiger partial charge >= 0.3 is 0 Å². The molecular weight excluding hydrogens is 356 g/mol. The molecule has 4 rings (SSSR count). The van der Waals surface area contributed by atoms with Gasteiger partial charge in [0.05, 0.1) is 5.69 Å². The molecule has 3 heterocycles. The van der Waals surface area contributed by atoms with E-state index in [2.05, 4.69) is 44.5 Å². The zero-order valence-electron chi connectivity index (χ0n) is 15.1. The van der Waals surface area contributed by atoms with Gasteiger partial charge in [-0.05, 0) is 30.7 Å². The van der Waals surface area contributed by atoms with Crippen molar-refractivity contribution in [2.45, 2.75) is 12.8 Å². The van der Waals surface area contributed by atoms with Crippen LogP contribution in [0.15, 0.2) is 60.2 Å². The second kappa shape index (κ2) is 8.31. The summed E-state index contributed by atoms with van der Waals surface area (Å²) < 4.78 is 0. The van der Waals surface area contributed by atoms with E-state index in [1.165, 1.54) is 5.69 Å². The molecule has 1 amide bonds. The Labute approximate surface area is 163 Å². The van der Waals surface area contributed by atoms with Gasteiger partial charge in [0.15, 0.2) is 0 Å². The first-order valence-electron chi connectivity index (χ1n) is 9.22. The molecule has 3 aromatic rings. The molecule has 1 fully saturated rings. The molecule has 0 atom stereocenters. The summed E-state index contributed by atoms with van der Waals surface area (Å²) in [4.78, 5) is 25.6. The smallest absolute Gasteiger partial charge is 0.223 e. The standard InChI is InChI=1S/C21H22N4OS/c26-20(25-14-12-24(13-15-25)19-4-2-1-3-5-19)7-6-18-16-27-21(23-18)17-8-10-22-11-9-17/h1-5,8-11,16H,6-7,12-15H2. The van der Waals surface area contributed by atoms with Gasteiger partial charge < -0.3 is 9.80 Å². The number of para-hydroxylation sites is 1. The maximum absolute atomic E-state index is 12.6. The SMILES string of the molecule is O=C(CCc1csc(-c2ccncc2)n1)N1CCN(c2ccccc2)CC1. The minimum Gasteiger partial charge on any atom is -0.368 e. The van der Waals surface area contributed by atoms with Gasteiger partial charge in [0.1, 0.15) is 5.01 Å². The van der Waals surface area contributed by atoms with Gasteiger partial charge in [-0.3, -0.25) is 9.78 Å². The Morgan fingerprint density at radius 3 is 2.48 bits per heavy atom. The van der Waals surface area contributed by atoms with Crippen molar-refractivity contribution >= 4 is 22.9 Å². The summed E-state index contributed by atoms with van der Waals surface area (Å²) in [5.74, 6) is 0.223. The van der Waals surface area contributed by atoms with E-state index in [1.807, 2.05) is 23.1 Å². The Morgan fingerprint density at radius 1 is 1.00 bits per heavy atom. The van der Waals surface area contributed by atoms with Crippen molar-refractivity contribution in [1.82, 2.24) is 14.9 Å². The van der Waals surface area contributed by atoms with Crippen LogP contribution in [0.3, 0.4) is 0 Å². The number of hydrogen-bond acceptors (Lipinski definition) is 5. The van der Waals surface area contributed by atoms with Crippen LogP contribution in [0.25, 0.3) is 10.6 Å². The number of rotatable bonds is 5. The maximum atomic E-state index is 12.6. The Bertz CT molecular complexity index is 873. The summed E-state index contributed by atoms with van der Waals surface area (Å²) in [6.45, 7) is 3.34. The number of carbonyl (C=O) groups excluding carboxylic acids is 1. The molecule has 1 aliphatic heterocycles. The van der Waals surface area contributed by atoms with Crippen molar-refractivity contribution < 1.29 is 4.79 Å². The first-order chi connectivity index (χ1) is 13.3. The second-order valence-electron chi connectivity index (χ2n) is 6.58. The molecule has 0 N–H and O–H groups in total. The molecule has 1 aliphatic rings. The molecule has 0 aliphatic carbocycles. The molecule has 2 aromatic heterocycles.